The van der Waals surface area contributed by atoms with Crippen molar-refractivity contribution in [2.24, 2.45) is 0 Å². The van der Waals surface area contributed by atoms with Gasteiger partial charge in [-0.05, 0) is 25.0 Å². The number of aryl methyl sites for hydroxylation is 2. The minimum absolute atomic E-state index is 0.503. The van der Waals surface area contributed by atoms with Gasteiger partial charge in [0.15, 0.2) is 0 Å². The van der Waals surface area contributed by atoms with E-state index in [9.17, 15) is 5.11 Å². The Hall–Kier alpha value is -1.68. The molecule has 96 valence electrons. The molecule has 2 aromatic rings. The van der Waals surface area contributed by atoms with Crippen LogP contribution in [-0.2, 0) is 13.0 Å². The van der Waals surface area contributed by atoms with E-state index in [4.69, 9.17) is 0 Å². The van der Waals surface area contributed by atoms with Gasteiger partial charge in [0.05, 0.1) is 5.69 Å². The number of hydrogen-bond acceptors (Lipinski definition) is 3. The first-order valence-corrected chi connectivity index (χ1v) is 6.31. The van der Waals surface area contributed by atoms with Crippen LogP contribution in [0.1, 0.15) is 36.5 Å². The zero-order valence-corrected chi connectivity index (χ0v) is 10.9. The number of hydrogen-bond donors (Lipinski definition) is 1. The van der Waals surface area contributed by atoms with Crippen LogP contribution >= 0.6 is 0 Å². The Kier molecular flexibility index (Phi) is 4.10. The number of pyridine rings is 1. The molecule has 0 aromatic carbocycles. The van der Waals surface area contributed by atoms with Gasteiger partial charge in [-0.2, -0.15) is 0 Å². The second kappa shape index (κ2) is 5.78. The first-order chi connectivity index (χ1) is 8.70. The van der Waals surface area contributed by atoms with Crippen molar-refractivity contribution in [3.63, 3.8) is 0 Å². The molecule has 0 saturated heterocycles. The Morgan fingerprint density at radius 3 is 2.83 bits per heavy atom. The van der Waals surface area contributed by atoms with Gasteiger partial charge in [0.1, 0.15) is 11.9 Å². The Morgan fingerprint density at radius 1 is 1.33 bits per heavy atom. The summed E-state index contributed by atoms with van der Waals surface area (Å²) in [6.07, 6.45) is 6.47. The lowest BCUT2D eigenvalue weighted by Crippen LogP contribution is -2.10. The molecule has 0 bridgehead atoms. The maximum Gasteiger partial charge on any atom is 0.111 e. The molecule has 2 heterocycles. The minimum Gasteiger partial charge on any atom is -0.386 e. The van der Waals surface area contributed by atoms with E-state index >= 15 is 0 Å². The van der Waals surface area contributed by atoms with Gasteiger partial charge in [-0.3, -0.25) is 4.98 Å². The van der Waals surface area contributed by atoms with Crippen molar-refractivity contribution < 1.29 is 5.11 Å². The van der Waals surface area contributed by atoms with Crippen LogP contribution in [0.5, 0.6) is 0 Å². The molecule has 0 radical (unpaired) electrons. The average molecular weight is 245 g/mol. The first-order valence-electron chi connectivity index (χ1n) is 6.31. The van der Waals surface area contributed by atoms with E-state index in [1.165, 1.54) is 0 Å². The van der Waals surface area contributed by atoms with Crippen LogP contribution in [0.15, 0.2) is 30.7 Å². The summed E-state index contributed by atoms with van der Waals surface area (Å²) in [5.41, 5.74) is 1.80. The van der Waals surface area contributed by atoms with Crippen molar-refractivity contribution in [3.05, 3.63) is 47.8 Å². The van der Waals surface area contributed by atoms with Gasteiger partial charge < -0.3 is 9.67 Å². The highest BCUT2D eigenvalue weighted by molar-refractivity contribution is 5.15. The van der Waals surface area contributed by atoms with Crippen LogP contribution in [0.2, 0.25) is 0 Å². The van der Waals surface area contributed by atoms with Crippen LogP contribution in [0, 0.1) is 6.92 Å². The zero-order valence-electron chi connectivity index (χ0n) is 10.9. The topological polar surface area (TPSA) is 50.9 Å². The van der Waals surface area contributed by atoms with Gasteiger partial charge in [0.2, 0.25) is 0 Å². The third-order valence-corrected chi connectivity index (χ3v) is 2.92. The number of aliphatic hydroxyl groups is 1. The molecule has 0 fully saturated rings. The summed E-state index contributed by atoms with van der Waals surface area (Å²) in [7, 11) is 0. The number of aliphatic hydroxyl groups excluding tert-OH is 1. The normalized spacial score (nSPS) is 12.6. The van der Waals surface area contributed by atoms with E-state index in [1.807, 2.05) is 25.3 Å². The summed E-state index contributed by atoms with van der Waals surface area (Å²) < 4.78 is 2.08. The van der Waals surface area contributed by atoms with Gasteiger partial charge in [-0.1, -0.05) is 13.0 Å². The SMILES string of the molecule is CCCn1ccnc1CC(O)c1ccc(C)cn1. The Bertz CT molecular complexity index is 490. The van der Waals surface area contributed by atoms with Gasteiger partial charge in [-0.15, -0.1) is 0 Å². The van der Waals surface area contributed by atoms with Gasteiger partial charge >= 0.3 is 0 Å². The molecule has 4 heteroatoms. The van der Waals surface area contributed by atoms with Gasteiger partial charge in [0, 0.05) is 31.6 Å². The summed E-state index contributed by atoms with van der Waals surface area (Å²) in [4.78, 5) is 8.54. The van der Waals surface area contributed by atoms with Crippen LogP contribution in [0.3, 0.4) is 0 Å². The summed E-state index contributed by atoms with van der Waals surface area (Å²) in [6.45, 7) is 5.04. The third kappa shape index (κ3) is 2.96. The van der Waals surface area contributed by atoms with Crippen LogP contribution in [0.4, 0.5) is 0 Å². The average Bonchev–Trinajstić information content (AvgIpc) is 2.78. The predicted octanol–water partition coefficient (Wildman–Crippen LogP) is 2.27. The maximum absolute atomic E-state index is 10.2. The van der Waals surface area contributed by atoms with Crippen LogP contribution in [0.25, 0.3) is 0 Å². The molecule has 1 N–H and O–H groups in total. The minimum atomic E-state index is -0.594. The predicted molar refractivity (Wildman–Crippen MR) is 70.2 cm³/mol. The summed E-state index contributed by atoms with van der Waals surface area (Å²) in [5, 5.41) is 10.2. The monoisotopic (exact) mass is 245 g/mol. The molecule has 4 nitrogen and oxygen atoms in total. The highest BCUT2D eigenvalue weighted by Gasteiger charge is 2.13. The van der Waals surface area contributed by atoms with E-state index in [0.717, 1.165) is 24.4 Å². The molecular formula is C14H19N3O. The standard InChI is InChI=1S/C14H19N3O/c1-3-7-17-8-6-15-14(17)9-13(18)12-5-4-11(2)10-16-12/h4-6,8,10,13,18H,3,7,9H2,1-2H3. The molecule has 0 spiro atoms. The fraction of sp³-hybridized carbons (Fsp3) is 0.429. The largest absolute Gasteiger partial charge is 0.386 e. The van der Waals surface area contributed by atoms with Crippen molar-refractivity contribution in [2.45, 2.75) is 39.3 Å². The molecule has 0 aliphatic carbocycles. The van der Waals surface area contributed by atoms with Crippen molar-refractivity contribution in [1.82, 2.24) is 14.5 Å². The highest BCUT2D eigenvalue weighted by atomic mass is 16.3. The molecule has 0 aliphatic heterocycles. The van der Waals surface area contributed by atoms with Crippen molar-refractivity contribution >= 4 is 0 Å². The molecule has 1 unspecified atom stereocenters. The van der Waals surface area contributed by atoms with Crippen molar-refractivity contribution in [3.8, 4) is 0 Å². The zero-order chi connectivity index (χ0) is 13.0. The Labute approximate surface area is 107 Å². The highest BCUT2D eigenvalue weighted by Crippen LogP contribution is 2.16. The van der Waals surface area contributed by atoms with E-state index < -0.39 is 6.10 Å². The second-order valence-corrected chi connectivity index (χ2v) is 4.52. The second-order valence-electron chi connectivity index (χ2n) is 4.52. The number of aromatic nitrogens is 3. The Morgan fingerprint density at radius 2 is 2.17 bits per heavy atom. The molecular weight excluding hydrogens is 226 g/mol. The smallest absolute Gasteiger partial charge is 0.111 e. The first kappa shape index (κ1) is 12.8. The molecule has 0 saturated carbocycles. The fourth-order valence-electron chi connectivity index (χ4n) is 1.93. The summed E-state index contributed by atoms with van der Waals surface area (Å²) in [6, 6.07) is 3.83. The lowest BCUT2D eigenvalue weighted by Gasteiger charge is -2.11. The summed E-state index contributed by atoms with van der Waals surface area (Å²) in [5.74, 6) is 0.909. The Balaban J connectivity index is 2.08. The molecule has 2 aromatic heterocycles. The van der Waals surface area contributed by atoms with Crippen molar-refractivity contribution in [2.75, 3.05) is 0 Å². The van der Waals surface area contributed by atoms with Crippen molar-refractivity contribution in [1.29, 1.82) is 0 Å². The van der Waals surface area contributed by atoms with E-state index in [2.05, 4.69) is 21.5 Å². The molecule has 1 atom stereocenters. The van der Waals surface area contributed by atoms with E-state index in [0.29, 0.717) is 12.1 Å². The molecule has 0 amide bonds. The number of nitrogens with zero attached hydrogens (tertiary/aromatic N) is 3. The number of imidazole rings is 1. The quantitative estimate of drug-likeness (QED) is 0.879. The maximum atomic E-state index is 10.2. The van der Waals surface area contributed by atoms with E-state index in [-0.39, 0.29) is 0 Å². The lowest BCUT2D eigenvalue weighted by atomic mass is 10.1. The molecule has 0 aliphatic rings. The summed E-state index contributed by atoms with van der Waals surface area (Å²) >= 11 is 0. The van der Waals surface area contributed by atoms with E-state index in [1.54, 1.807) is 12.4 Å². The van der Waals surface area contributed by atoms with Crippen LogP contribution < -0.4 is 0 Å². The molecule has 2 rings (SSSR count). The molecule has 18 heavy (non-hydrogen) atoms. The van der Waals surface area contributed by atoms with Gasteiger partial charge in [-0.25, -0.2) is 4.98 Å². The number of rotatable bonds is 5. The lowest BCUT2D eigenvalue weighted by molar-refractivity contribution is 0.169. The van der Waals surface area contributed by atoms with Gasteiger partial charge in [0.25, 0.3) is 0 Å². The fourth-order valence-corrected chi connectivity index (χ4v) is 1.93. The van der Waals surface area contributed by atoms with Crippen LogP contribution in [-0.4, -0.2) is 19.6 Å². The third-order valence-electron chi connectivity index (χ3n) is 2.92.